The summed E-state index contributed by atoms with van der Waals surface area (Å²) in [6.45, 7) is 2.40. The van der Waals surface area contributed by atoms with Gasteiger partial charge in [0, 0.05) is 32.3 Å². The van der Waals surface area contributed by atoms with Gasteiger partial charge in [0.25, 0.3) is 0 Å². The summed E-state index contributed by atoms with van der Waals surface area (Å²) >= 11 is 8.59. The van der Waals surface area contributed by atoms with Crippen molar-refractivity contribution >= 4 is 43.2 Å². The highest BCUT2D eigenvalue weighted by Crippen LogP contribution is 2.19. The van der Waals surface area contributed by atoms with Crippen molar-refractivity contribution in [1.29, 1.82) is 0 Å². The van der Waals surface area contributed by atoms with E-state index in [-0.39, 0.29) is 0 Å². The van der Waals surface area contributed by atoms with Crippen molar-refractivity contribution in [3.05, 3.63) is 49.5 Å². The van der Waals surface area contributed by atoms with Crippen molar-refractivity contribution in [2.24, 2.45) is 0 Å². The van der Waals surface area contributed by atoms with E-state index in [0.29, 0.717) is 6.61 Å². The van der Waals surface area contributed by atoms with E-state index in [1.165, 1.54) is 4.88 Å². The molecule has 0 bridgehead atoms. The number of benzene rings is 1. The van der Waals surface area contributed by atoms with Crippen molar-refractivity contribution in [1.82, 2.24) is 5.32 Å². The summed E-state index contributed by atoms with van der Waals surface area (Å²) in [6.07, 6.45) is 0. The Labute approximate surface area is 128 Å². The zero-order valence-corrected chi connectivity index (χ0v) is 13.6. The van der Waals surface area contributed by atoms with Gasteiger partial charge in [0.2, 0.25) is 0 Å². The van der Waals surface area contributed by atoms with Crippen molar-refractivity contribution in [3.8, 4) is 5.75 Å². The minimum atomic E-state index is 0.675. The number of hydrogen-bond acceptors (Lipinski definition) is 3. The quantitative estimate of drug-likeness (QED) is 0.736. The summed E-state index contributed by atoms with van der Waals surface area (Å²) < 4.78 is 7.83. The van der Waals surface area contributed by atoms with Crippen LogP contribution in [0.3, 0.4) is 0 Å². The van der Waals surface area contributed by atoms with Crippen LogP contribution in [-0.4, -0.2) is 13.2 Å². The maximum atomic E-state index is 5.61. The second kappa shape index (κ2) is 7.28. The molecule has 5 heteroatoms. The molecule has 0 atom stereocenters. The number of halogens is 2. The molecular weight excluding hydrogens is 378 g/mol. The Morgan fingerprint density at radius 3 is 2.56 bits per heavy atom. The zero-order chi connectivity index (χ0) is 12.8. The van der Waals surface area contributed by atoms with Gasteiger partial charge in [-0.1, -0.05) is 15.9 Å². The van der Waals surface area contributed by atoms with E-state index < -0.39 is 0 Å². The Morgan fingerprint density at radius 1 is 1.11 bits per heavy atom. The number of thiophene rings is 1. The maximum Gasteiger partial charge on any atom is 0.119 e. The fraction of sp³-hybridized carbons (Fsp3) is 0.231. The van der Waals surface area contributed by atoms with E-state index in [2.05, 4.69) is 48.6 Å². The molecule has 0 aliphatic carbocycles. The molecule has 1 N–H and O–H groups in total. The van der Waals surface area contributed by atoms with Gasteiger partial charge in [-0.05, 0) is 46.3 Å². The summed E-state index contributed by atoms with van der Waals surface area (Å²) in [7, 11) is 0. The van der Waals surface area contributed by atoms with Crippen molar-refractivity contribution < 1.29 is 4.74 Å². The van der Waals surface area contributed by atoms with Crippen LogP contribution in [0.15, 0.2) is 44.7 Å². The Balaban J connectivity index is 1.63. The molecule has 1 heterocycles. The lowest BCUT2D eigenvalue weighted by Gasteiger charge is -2.06. The first-order chi connectivity index (χ1) is 8.74. The molecule has 1 aromatic heterocycles. The van der Waals surface area contributed by atoms with Crippen LogP contribution in [0.25, 0.3) is 0 Å². The van der Waals surface area contributed by atoms with Crippen molar-refractivity contribution in [3.63, 3.8) is 0 Å². The van der Waals surface area contributed by atoms with Crippen LogP contribution in [-0.2, 0) is 6.54 Å². The predicted octanol–water partition coefficient (Wildman–Crippen LogP) is 4.44. The molecule has 2 rings (SSSR count). The molecule has 18 heavy (non-hydrogen) atoms. The number of nitrogens with one attached hydrogen (secondary N) is 1. The third kappa shape index (κ3) is 4.72. The normalized spacial score (nSPS) is 10.6. The van der Waals surface area contributed by atoms with E-state index in [1.54, 1.807) is 11.3 Å². The van der Waals surface area contributed by atoms with Gasteiger partial charge in [-0.2, -0.15) is 0 Å². The summed E-state index contributed by atoms with van der Waals surface area (Å²) in [4.78, 5) is 1.32. The number of ether oxygens (including phenoxy) is 1. The van der Waals surface area contributed by atoms with E-state index in [4.69, 9.17) is 4.74 Å². The van der Waals surface area contributed by atoms with Crippen LogP contribution in [0, 0.1) is 0 Å². The molecule has 1 aromatic carbocycles. The zero-order valence-electron chi connectivity index (χ0n) is 9.66. The van der Waals surface area contributed by atoms with Crippen molar-refractivity contribution in [2.45, 2.75) is 6.54 Å². The van der Waals surface area contributed by atoms with Crippen LogP contribution in [0.5, 0.6) is 5.75 Å². The molecule has 0 saturated carbocycles. The third-order valence-corrected chi connectivity index (χ3v) is 4.51. The summed E-state index contributed by atoms with van der Waals surface area (Å²) in [5, 5.41) is 5.44. The predicted molar refractivity (Wildman–Crippen MR) is 83.4 cm³/mol. The Morgan fingerprint density at radius 2 is 1.89 bits per heavy atom. The largest absolute Gasteiger partial charge is 0.492 e. The van der Waals surface area contributed by atoms with Gasteiger partial charge in [0.1, 0.15) is 12.4 Å². The highest BCUT2D eigenvalue weighted by molar-refractivity contribution is 9.10. The Kier molecular flexibility index (Phi) is 5.69. The van der Waals surface area contributed by atoms with Crippen LogP contribution in [0.2, 0.25) is 0 Å². The van der Waals surface area contributed by atoms with Gasteiger partial charge in [-0.3, -0.25) is 0 Å². The number of hydrogen-bond donors (Lipinski definition) is 1. The smallest absolute Gasteiger partial charge is 0.119 e. The third-order valence-electron chi connectivity index (χ3n) is 2.28. The molecule has 0 amide bonds. The first-order valence-corrected chi connectivity index (χ1v) is 8.02. The van der Waals surface area contributed by atoms with E-state index in [9.17, 15) is 0 Å². The monoisotopic (exact) mass is 389 g/mol. The fourth-order valence-corrected chi connectivity index (χ4v) is 3.11. The molecule has 2 aromatic rings. The second-order valence-corrected chi connectivity index (χ2v) is 6.54. The molecule has 0 spiro atoms. The van der Waals surface area contributed by atoms with Gasteiger partial charge in [0.05, 0.1) is 0 Å². The summed E-state index contributed by atoms with van der Waals surface area (Å²) in [5.74, 6) is 0.902. The van der Waals surface area contributed by atoms with Crippen LogP contribution >= 0.6 is 43.2 Å². The van der Waals surface area contributed by atoms with Gasteiger partial charge in [0.15, 0.2) is 0 Å². The molecule has 0 aliphatic heterocycles. The molecule has 0 unspecified atom stereocenters. The van der Waals surface area contributed by atoms with Crippen LogP contribution in [0.1, 0.15) is 4.88 Å². The first-order valence-electron chi connectivity index (χ1n) is 5.56. The molecule has 0 fully saturated rings. The topological polar surface area (TPSA) is 21.3 Å². The minimum absolute atomic E-state index is 0.675. The SMILES string of the molecule is Brc1ccc(OCCNCc2cc(Br)cs2)cc1. The van der Waals surface area contributed by atoms with Gasteiger partial charge in [-0.25, -0.2) is 0 Å². The Bertz CT molecular complexity index is 484. The average molecular weight is 391 g/mol. The first kappa shape index (κ1) is 14.1. The maximum absolute atomic E-state index is 5.61. The highest BCUT2D eigenvalue weighted by Gasteiger charge is 1.97. The van der Waals surface area contributed by atoms with E-state index >= 15 is 0 Å². The van der Waals surface area contributed by atoms with Gasteiger partial charge < -0.3 is 10.1 Å². The molecule has 0 radical (unpaired) electrons. The van der Waals surface area contributed by atoms with Gasteiger partial charge in [-0.15, -0.1) is 11.3 Å². The molecule has 0 saturated heterocycles. The van der Waals surface area contributed by atoms with E-state index in [0.717, 1.165) is 27.8 Å². The minimum Gasteiger partial charge on any atom is -0.492 e. The van der Waals surface area contributed by atoms with Gasteiger partial charge >= 0.3 is 0 Å². The molecule has 2 nitrogen and oxygen atoms in total. The summed E-state index contributed by atoms with van der Waals surface area (Å²) in [6, 6.07) is 10.0. The van der Waals surface area contributed by atoms with Crippen molar-refractivity contribution in [2.75, 3.05) is 13.2 Å². The lowest BCUT2D eigenvalue weighted by molar-refractivity contribution is 0.314. The fourth-order valence-electron chi connectivity index (χ4n) is 1.43. The van der Waals surface area contributed by atoms with Crippen LogP contribution < -0.4 is 10.1 Å². The molecular formula is C13H13Br2NOS. The number of rotatable bonds is 6. The summed E-state index contributed by atoms with van der Waals surface area (Å²) in [5.41, 5.74) is 0. The Hall–Kier alpha value is -0.360. The lowest BCUT2D eigenvalue weighted by atomic mass is 10.3. The van der Waals surface area contributed by atoms with Crippen LogP contribution in [0.4, 0.5) is 0 Å². The molecule has 96 valence electrons. The lowest BCUT2D eigenvalue weighted by Crippen LogP contribution is -2.20. The standard InChI is InChI=1S/C13H13Br2NOS/c14-10-1-3-12(4-2-10)17-6-5-16-8-13-7-11(15)9-18-13/h1-4,7,9,16H,5-6,8H2. The second-order valence-electron chi connectivity index (χ2n) is 3.71. The highest BCUT2D eigenvalue weighted by atomic mass is 79.9. The molecule has 0 aliphatic rings. The van der Waals surface area contributed by atoms with E-state index in [1.807, 2.05) is 24.3 Å². The average Bonchev–Trinajstić information content (AvgIpc) is 2.77.